The van der Waals surface area contributed by atoms with Crippen LogP contribution in [0.5, 0.6) is 5.75 Å². The second-order valence-electron chi connectivity index (χ2n) is 4.11. The maximum atomic E-state index is 10.8. The number of benzene rings is 1. The summed E-state index contributed by atoms with van der Waals surface area (Å²) in [6, 6.07) is 12.9. The smallest absolute Gasteiger partial charge is 0.269 e. The number of nitrogens with zero attached hydrogens (tertiary/aromatic N) is 2. The molecule has 0 aliphatic heterocycles. The standard InChI is InChI=1S/C14H16N4O2/c15-14(19)12-7-8-13(18-17-12)16-9-4-10-20-11-5-2-1-3-6-11/h1-3,5-8H,4,9-10H2,(H2,15,19)(H,16,18). The Hall–Kier alpha value is -2.63. The molecule has 6 nitrogen and oxygen atoms in total. The van der Waals surface area contributed by atoms with Gasteiger partial charge in [0.1, 0.15) is 11.6 Å². The Labute approximate surface area is 117 Å². The fraction of sp³-hybridized carbons (Fsp3) is 0.214. The van der Waals surface area contributed by atoms with Crippen molar-refractivity contribution >= 4 is 11.7 Å². The molecule has 0 unspecified atom stereocenters. The Kier molecular flexibility index (Phi) is 4.88. The molecule has 0 spiro atoms. The monoisotopic (exact) mass is 272 g/mol. The summed E-state index contributed by atoms with van der Waals surface area (Å²) in [5, 5.41) is 10.7. The number of nitrogens with one attached hydrogen (secondary N) is 1. The van der Waals surface area contributed by atoms with Gasteiger partial charge in [0.2, 0.25) is 0 Å². The Morgan fingerprint density at radius 1 is 1.15 bits per heavy atom. The summed E-state index contributed by atoms with van der Waals surface area (Å²) in [5.41, 5.74) is 5.24. The zero-order chi connectivity index (χ0) is 14.2. The van der Waals surface area contributed by atoms with Crippen molar-refractivity contribution in [2.75, 3.05) is 18.5 Å². The number of aromatic nitrogens is 2. The third-order valence-corrected chi connectivity index (χ3v) is 2.56. The number of carbonyl (C=O) groups excluding carboxylic acids is 1. The molecule has 1 heterocycles. The van der Waals surface area contributed by atoms with Gasteiger partial charge < -0.3 is 15.8 Å². The highest BCUT2D eigenvalue weighted by molar-refractivity contribution is 5.90. The zero-order valence-corrected chi connectivity index (χ0v) is 11.0. The number of primary amides is 1. The van der Waals surface area contributed by atoms with Gasteiger partial charge in [0, 0.05) is 6.54 Å². The van der Waals surface area contributed by atoms with E-state index in [1.165, 1.54) is 6.07 Å². The average molecular weight is 272 g/mol. The van der Waals surface area contributed by atoms with Crippen LogP contribution >= 0.6 is 0 Å². The topological polar surface area (TPSA) is 90.1 Å². The molecular formula is C14H16N4O2. The summed E-state index contributed by atoms with van der Waals surface area (Å²) in [7, 11) is 0. The third kappa shape index (κ3) is 4.24. The van der Waals surface area contributed by atoms with Crippen LogP contribution in [0.15, 0.2) is 42.5 Å². The fourth-order valence-electron chi connectivity index (χ4n) is 1.55. The fourth-order valence-corrected chi connectivity index (χ4v) is 1.55. The maximum absolute atomic E-state index is 10.8. The summed E-state index contributed by atoms with van der Waals surface area (Å²) in [4.78, 5) is 10.8. The number of hydrogen-bond acceptors (Lipinski definition) is 5. The average Bonchev–Trinajstić information content (AvgIpc) is 2.48. The van der Waals surface area contributed by atoms with Gasteiger partial charge in [-0.3, -0.25) is 4.79 Å². The molecule has 1 aromatic carbocycles. The highest BCUT2D eigenvalue weighted by Gasteiger charge is 2.02. The summed E-state index contributed by atoms with van der Waals surface area (Å²) in [6.45, 7) is 1.32. The molecule has 1 amide bonds. The van der Waals surface area contributed by atoms with Crippen molar-refractivity contribution in [3.05, 3.63) is 48.2 Å². The summed E-state index contributed by atoms with van der Waals surface area (Å²) in [6.07, 6.45) is 0.828. The van der Waals surface area contributed by atoms with Crippen molar-refractivity contribution in [2.45, 2.75) is 6.42 Å². The molecule has 0 saturated heterocycles. The van der Waals surface area contributed by atoms with E-state index in [2.05, 4.69) is 15.5 Å². The summed E-state index contributed by atoms with van der Waals surface area (Å²) < 4.78 is 5.56. The van der Waals surface area contributed by atoms with E-state index in [9.17, 15) is 4.79 Å². The van der Waals surface area contributed by atoms with Gasteiger partial charge in [0.15, 0.2) is 5.69 Å². The number of amides is 1. The number of nitrogens with two attached hydrogens (primary N) is 1. The highest BCUT2D eigenvalue weighted by Crippen LogP contribution is 2.08. The summed E-state index contributed by atoms with van der Waals surface area (Å²) >= 11 is 0. The normalized spacial score (nSPS) is 10.0. The first-order valence-corrected chi connectivity index (χ1v) is 6.31. The van der Waals surface area contributed by atoms with E-state index in [0.717, 1.165) is 12.2 Å². The van der Waals surface area contributed by atoms with E-state index in [-0.39, 0.29) is 5.69 Å². The molecule has 2 aromatic rings. The van der Waals surface area contributed by atoms with Crippen LogP contribution in [0, 0.1) is 0 Å². The second kappa shape index (κ2) is 7.08. The second-order valence-corrected chi connectivity index (χ2v) is 4.11. The molecule has 0 fully saturated rings. The lowest BCUT2D eigenvalue weighted by atomic mass is 10.3. The maximum Gasteiger partial charge on any atom is 0.269 e. The molecule has 2 rings (SSSR count). The SMILES string of the molecule is NC(=O)c1ccc(NCCCOc2ccccc2)nn1. The molecule has 20 heavy (non-hydrogen) atoms. The van der Waals surface area contributed by atoms with E-state index in [0.29, 0.717) is 19.0 Å². The van der Waals surface area contributed by atoms with E-state index < -0.39 is 5.91 Å². The van der Waals surface area contributed by atoms with Gasteiger partial charge in [-0.2, -0.15) is 0 Å². The van der Waals surface area contributed by atoms with Gasteiger partial charge in [0.25, 0.3) is 5.91 Å². The Balaban J connectivity index is 1.67. The number of anilines is 1. The molecule has 0 aliphatic carbocycles. The van der Waals surface area contributed by atoms with Crippen molar-refractivity contribution in [1.82, 2.24) is 10.2 Å². The van der Waals surface area contributed by atoms with E-state index in [4.69, 9.17) is 10.5 Å². The van der Waals surface area contributed by atoms with Crippen molar-refractivity contribution in [3.8, 4) is 5.75 Å². The minimum atomic E-state index is -0.583. The number of carbonyl (C=O) groups is 1. The molecule has 0 radical (unpaired) electrons. The van der Waals surface area contributed by atoms with Crippen molar-refractivity contribution in [3.63, 3.8) is 0 Å². The van der Waals surface area contributed by atoms with Gasteiger partial charge in [-0.15, -0.1) is 10.2 Å². The molecule has 0 atom stereocenters. The lowest BCUT2D eigenvalue weighted by Gasteiger charge is -2.07. The van der Waals surface area contributed by atoms with Gasteiger partial charge in [-0.25, -0.2) is 0 Å². The molecule has 1 aromatic heterocycles. The number of ether oxygens (including phenoxy) is 1. The van der Waals surface area contributed by atoms with Crippen molar-refractivity contribution < 1.29 is 9.53 Å². The molecule has 3 N–H and O–H groups in total. The van der Waals surface area contributed by atoms with Gasteiger partial charge in [-0.1, -0.05) is 18.2 Å². The predicted octanol–water partition coefficient (Wildman–Crippen LogP) is 1.46. The summed E-state index contributed by atoms with van der Waals surface area (Å²) in [5.74, 6) is 0.883. The third-order valence-electron chi connectivity index (χ3n) is 2.56. The van der Waals surface area contributed by atoms with E-state index >= 15 is 0 Å². The van der Waals surface area contributed by atoms with E-state index in [1.807, 2.05) is 30.3 Å². The lowest BCUT2D eigenvalue weighted by molar-refractivity contribution is 0.0994. The lowest BCUT2D eigenvalue weighted by Crippen LogP contribution is -2.14. The van der Waals surface area contributed by atoms with Crippen molar-refractivity contribution in [2.24, 2.45) is 5.73 Å². The molecule has 0 bridgehead atoms. The minimum absolute atomic E-state index is 0.156. The van der Waals surface area contributed by atoms with Crippen LogP contribution in [0.2, 0.25) is 0 Å². The van der Waals surface area contributed by atoms with Crippen LogP contribution in [-0.2, 0) is 0 Å². The van der Waals surface area contributed by atoms with Crippen molar-refractivity contribution in [1.29, 1.82) is 0 Å². The number of rotatable bonds is 7. The largest absolute Gasteiger partial charge is 0.494 e. The minimum Gasteiger partial charge on any atom is -0.494 e. The van der Waals surface area contributed by atoms with Gasteiger partial charge in [0.05, 0.1) is 6.61 Å². The van der Waals surface area contributed by atoms with Gasteiger partial charge in [-0.05, 0) is 30.7 Å². The highest BCUT2D eigenvalue weighted by atomic mass is 16.5. The zero-order valence-electron chi connectivity index (χ0n) is 11.0. The first-order valence-electron chi connectivity index (χ1n) is 6.31. The van der Waals surface area contributed by atoms with Crippen LogP contribution in [0.1, 0.15) is 16.9 Å². The quantitative estimate of drug-likeness (QED) is 0.745. The Bertz CT molecular complexity index is 543. The molecule has 0 saturated carbocycles. The molecule has 0 aliphatic rings. The molecule has 6 heteroatoms. The van der Waals surface area contributed by atoms with E-state index in [1.54, 1.807) is 6.07 Å². The molecular weight excluding hydrogens is 256 g/mol. The molecule has 104 valence electrons. The van der Waals surface area contributed by atoms with Gasteiger partial charge >= 0.3 is 0 Å². The van der Waals surface area contributed by atoms with Crippen LogP contribution < -0.4 is 15.8 Å². The van der Waals surface area contributed by atoms with Crippen LogP contribution in [0.3, 0.4) is 0 Å². The van der Waals surface area contributed by atoms with Crippen LogP contribution in [-0.4, -0.2) is 29.3 Å². The predicted molar refractivity (Wildman–Crippen MR) is 75.6 cm³/mol. The number of para-hydroxylation sites is 1. The Morgan fingerprint density at radius 3 is 2.60 bits per heavy atom. The van der Waals surface area contributed by atoms with Crippen LogP contribution in [0.25, 0.3) is 0 Å². The number of hydrogen-bond donors (Lipinski definition) is 2. The van der Waals surface area contributed by atoms with Crippen LogP contribution in [0.4, 0.5) is 5.82 Å². The first-order chi connectivity index (χ1) is 9.75. The first kappa shape index (κ1) is 13.8. The Morgan fingerprint density at radius 2 is 1.95 bits per heavy atom.